The lowest BCUT2D eigenvalue weighted by Crippen LogP contribution is -2.36. The van der Waals surface area contributed by atoms with Crippen LogP contribution in [-0.4, -0.2) is 64.8 Å². The fraction of sp³-hybridized carbons (Fsp3) is 0.839. The molecule has 0 radical (unpaired) electrons. The Balaban J connectivity index is 1.37. The van der Waals surface area contributed by atoms with E-state index >= 15 is 0 Å². The van der Waals surface area contributed by atoms with Gasteiger partial charge in [0.2, 0.25) is 0 Å². The molecule has 0 aliphatic rings. The minimum absolute atomic E-state index is 0.157. The summed E-state index contributed by atoms with van der Waals surface area (Å²) in [6.45, 7) is 16.0. The van der Waals surface area contributed by atoms with Gasteiger partial charge in [0.25, 0.3) is 0 Å². The van der Waals surface area contributed by atoms with E-state index in [0.29, 0.717) is 41.6 Å². The Bertz CT molecular complexity index is 1090. The second-order valence-corrected chi connectivity index (χ2v) is 21.2. The van der Waals surface area contributed by atoms with Gasteiger partial charge in [-0.2, -0.15) is 0 Å². The Morgan fingerprint density at radius 3 is 2.12 bits per heavy atom. The highest BCUT2D eigenvalue weighted by atomic mass is 31.2. The van der Waals surface area contributed by atoms with E-state index in [1.165, 1.54) is 76.6 Å². The van der Waals surface area contributed by atoms with E-state index in [-0.39, 0.29) is 19.1 Å². The summed E-state index contributed by atoms with van der Waals surface area (Å²) in [7, 11) is -4.93. The van der Waals surface area contributed by atoms with Gasteiger partial charge in [-0.1, -0.05) is 104 Å². The normalized spacial score (nSPS) is 14.8. The highest BCUT2D eigenvalue weighted by molar-refractivity contribution is 7.52. The third-order valence-electron chi connectivity index (χ3n) is 8.75. The summed E-state index contributed by atoms with van der Waals surface area (Å²) in [6.07, 6.45) is 17.4. The average Bonchev–Trinajstić information content (AvgIpc) is 3.34. The Morgan fingerprint density at radius 2 is 1.49 bits per heavy atom. The van der Waals surface area contributed by atoms with Gasteiger partial charge < -0.3 is 29.2 Å². The van der Waals surface area contributed by atoms with Crippen LogP contribution < -0.4 is 5.73 Å². The summed E-state index contributed by atoms with van der Waals surface area (Å²) in [6, 6.07) is 1.47. The van der Waals surface area contributed by atoms with Crippen LogP contribution in [0.15, 0.2) is 12.7 Å². The van der Waals surface area contributed by atoms with Crippen molar-refractivity contribution in [1.29, 1.82) is 0 Å². The van der Waals surface area contributed by atoms with Gasteiger partial charge in [-0.25, -0.2) is 15.0 Å². The van der Waals surface area contributed by atoms with E-state index in [2.05, 4.69) is 48.8 Å². The molecular weight excluding hydrogens is 581 g/mol. The van der Waals surface area contributed by atoms with Gasteiger partial charge in [-0.15, -0.1) is 0 Å². The Kier molecular flexibility index (Phi) is 16.9. The lowest BCUT2D eigenvalue weighted by molar-refractivity contribution is 0.0688. The lowest BCUT2D eigenvalue weighted by atomic mass is 10.1. The molecule has 0 amide bonds. The van der Waals surface area contributed by atoms with Gasteiger partial charge in [0.1, 0.15) is 18.2 Å². The molecule has 0 saturated heterocycles. The Hall–Kier alpha value is -1.36. The number of nitrogens with two attached hydrogens (primary N) is 1. The summed E-state index contributed by atoms with van der Waals surface area (Å²) in [4.78, 5) is 22.4. The maximum absolute atomic E-state index is 12.3. The maximum atomic E-state index is 12.3. The number of fused-ring (bicyclic) bond motifs is 1. The van der Waals surface area contributed by atoms with Crippen molar-refractivity contribution < 1.29 is 23.5 Å². The number of nitrogen functional groups attached to an aromatic ring is 1. The average molecular weight is 642 g/mol. The van der Waals surface area contributed by atoms with Gasteiger partial charge in [0, 0.05) is 13.2 Å². The lowest BCUT2D eigenvalue weighted by Gasteiger charge is -2.37. The van der Waals surface area contributed by atoms with Crippen LogP contribution in [0.2, 0.25) is 24.2 Å². The number of rotatable bonds is 24. The molecule has 0 aliphatic heterocycles. The molecule has 43 heavy (non-hydrogen) atoms. The summed E-state index contributed by atoms with van der Waals surface area (Å²) in [5, 5.41) is 0.519. The van der Waals surface area contributed by atoms with E-state index in [1.807, 2.05) is 6.92 Å². The number of imidazole rings is 1. The maximum Gasteiger partial charge on any atom is 0.353 e. The minimum Gasteiger partial charge on any atom is -0.382 e. The van der Waals surface area contributed by atoms with Crippen molar-refractivity contribution >= 4 is 32.7 Å². The standard InChI is InChI=1S/C31H60N5O5PSi/c1-27(23-36-25-35-28-29(32)33-24-34-30(28)36)40-26-42(37,38)41-21-18-20-39-19-16-14-12-10-8-7-9-11-13-15-17-22-43(5,6)31(2,3)4/h24-25,27H,7-23,26H2,1-6H3,(H,37,38)(H2,32,33,34)/t27-/m1/s1. The first-order chi connectivity index (χ1) is 20.3. The molecule has 3 N–H and O–H groups in total. The highest BCUT2D eigenvalue weighted by Gasteiger charge is 2.33. The second kappa shape index (κ2) is 19.2. The molecule has 2 heterocycles. The quantitative estimate of drug-likeness (QED) is 0.0661. The molecule has 2 rings (SSSR count). The van der Waals surface area contributed by atoms with Crippen LogP contribution in [0.5, 0.6) is 0 Å². The molecule has 2 aromatic heterocycles. The number of anilines is 1. The Morgan fingerprint density at radius 1 is 0.907 bits per heavy atom. The number of nitrogens with zero attached hydrogens (tertiary/aromatic N) is 4. The molecule has 0 aliphatic carbocycles. The zero-order chi connectivity index (χ0) is 31.8. The molecule has 2 atom stereocenters. The number of hydrogen-bond acceptors (Lipinski definition) is 8. The van der Waals surface area contributed by atoms with E-state index < -0.39 is 15.7 Å². The van der Waals surface area contributed by atoms with Crippen LogP contribution in [0.25, 0.3) is 11.2 Å². The van der Waals surface area contributed by atoms with E-state index in [9.17, 15) is 9.46 Å². The first-order valence-corrected chi connectivity index (χ1v) is 21.4. The van der Waals surface area contributed by atoms with Gasteiger partial charge in [0.05, 0.1) is 33.7 Å². The van der Waals surface area contributed by atoms with E-state index in [1.54, 1.807) is 10.9 Å². The Labute approximate surface area is 261 Å². The predicted octanol–water partition coefficient (Wildman–Crippen LogP) is 8.18. The van der Waals surface area contributed by atoms with Crippen LogP contribution in [-0.2, 0) is 25.1 Å². The topological polar surface area (TPSA) is 135 Å². The van der Waals surface area contributed by atoms with Crippen molar-refractivity contribution in [2.75, 3.05) is 31.9 Å². The molecule has 12 heteroatoms. The van der Waals surface area contributed by atoms with Gasteiger partial charge in [-0.05, 0) is 24.8 Å². The first kappa shape index (κ1) is 37.8. The van der Waals surface area contributed by atoms with Crippen LogP contribution in [0, 0.1) is 0 Å². The largest absolute Gasteiger partial charge is 0.382 e. The van der Waals surface area contributed by atoms with Gasteiger partial charge in [-0.3, -0.25) is 4.57 Å². The molecule has 0 fully saturated rings. The molecule has 0 aromatic carbocycles. The van der Waals surface area contributed by atoms with Crippen molar-refractivity contribution in [3.8, 4) is 0 Å². The van der Waals surface area contributed by atoms with Crippen LogP contribution in [0.4, 0.5) is 5.82 Å². The SMILES string of the molecule is C[C@H](Cn1cnc2c(N)ncnc21)OCP(=O)(O)OCCCOCCCCCCCCCCCCC[Si](C)(C)C(C)(C)C. The van der Waals surface area contributed by atoms with E-state index in [0.717, 1.165) is 13.0 Å². The molecule has 2 aromatic rings. The monoisotopic (exact) mass is 641 g/mol. The first-order valence-electron chi connectivity index (χ1n) is 16.4. The molecule has 1 unspecified atom stereocenters. The molecule has 0 saturated carbocycles. The zero-order valence-electron chi connectivity index (χ0n) is 27.9. The van der Waals surface area contributed by atoms with Crippen molar-refractivity contribution in [2.24, 2.45) is 0 Å². The van der Waals surface area contributed by atoms with Crippen LogP contribution in [0.3, 0.4) is 0 Å². The van der Waals surface area contributed by atoms with E-state index in [4.69, 9.17) is 19.7 Å². The van der Waals surface area contributed by atoms with Crippen molar-refractivity contribution in [3.63, 3.8) is 0 Å². The highest BCUT2D eigenvalue weighted by Crippen LogP contribution is 2.42. The molecule has 0 bridgehead atoms. The third kappa shape index (κ3) is 15.0. The molecular formula is C31H60N5O5PSi. The van der Waals surface area contributed by atoms with Crippen molar-refractivity contribution in [1.82, 2.24) is 19.5 Å². The van der Waals surface area contributed by atoms with Crippen molar-refractivity contribution in [3.05, 3.63) is 12.7 Å². The van der Waals surface area contributed by atoms with Crippen molar-refractivity contribution in [2.45, 2.75) is 142 Å². The smallest absolute Gasteiger partial charge is 0.353 e. The van der Waals surface area contributed by atoms with Crippen LogP contribution in [0.1, 0.15) is 105 Å². The molecule has 0 spiro atoms. The summed E-state index contributed by atoms with van der Waals surface area (Å²) < 4.78 is 30.5. The second-order valence-electron chi connectivity index (χ2n) is 13.6. The molecule has 10 nitrogen and oxygen atoms in total. The number of aromatic nitrogens is 4. The predicted molar refractivity (Wildman–Crippen MR) is 179 cm³/mol. The minimum atomic E-state index is -3.84. The molecule has 248 valence electrons. The number of hydrogen-bond donors (Lipinski definition) is 2. The summed E-state index contributed by atoms with van der Waals surface area (Å²) in [5.41, 5.74) is 6.93. The third-order valence-corrected chi connectivity index (χ3v) is 15.5. The summed E-state index contributed by atoms with van der Waals surface area (Å²) >= 11 is 0. The summed E-state index contributed by atoms with van der Waals surface area (Å²) in [5.74, 6) is 0.309. The zero-order valence-corrected chi connectivity index (χ0v) is 29.7. The number of ether oxygens (including phenoxy) is 2. The fourth-order valence-corrected chi connectivity index (χ4v) is 7.64. The van der Waals surface area contributed by atoms with Crippen LogP contribution >= 0.6 is 7.60 Å². The number of unbranched alkanes of at least 4 members (excludes halogenated alkanes) is 10. The van der Waals surface area contributed by atoms with Gasteiger partial charge >= 0.3 is 7.60 Å². The fourth-order valence-electron chi connectivity index (χ4n) is 4.83. The van der Waals surface area contributed by atoms with Gasteiger partial charge in [0.15, 0.2) is 11.5 Å².